The van der Waals surface area contributed by atoms with E-state index in [4.69, 9.17) is 10.5 Å². The van der Waals surface area contributed by atoms with Crippen molar-refractivity contribution in [3.05, 3.63) is 23.8 Å². The Labute approximate surface area is 148 Å². The SMILES string of the molecule is CC1(C)CC(NC(=O)CN2CCCC2=O)c2cc(N)ccc2O1.Cl. The molecule has 1 saturated heterocycles. The van der Waals surface area contributed by atoms with Crippen LogP contribution >= 0.6 is 12.4 Å². The van der Waals surface area contributed by atoms with Crippen LogP contribution in [0, 0.1) is 0 Å². The highest BCUT2D eigenvalue weighted by Gasteiger charge is 2.35. The number of carbonyl (C=O) groups excluding carboxylic acids is 2. The van der Waals surface area contributed by atoms with E-state index in [-0.39, 0.29) is 42.4 Å². The van der Waals surface area contributed by atoms with Crippen molar-refractivity contribution in [3.8, 4) is 5.75 Å². The first-order valence-electron chi connectivity index (χ1n) is 8.00. The summed E-state index contributed by atoms with van der Waals surface area (Å²) in [6.45, 7) is 4.77. The van der Waals surface area contributed by atoms with Crippen LogP contribution in [0.2, 0.25) is 0 Å². The lowest BCUT2D eigenvalue weighted by atomic mass is 9.89. The highest BCUT2D eigenvalue weighted by atomic mass is 35.5. The number of benzene rings is 1. The van der Waals surface area contributed by atoms with E-state index in [9.17, 15) is 9.59 Å². The highest BCUT2D eigenvalue weighted by Crippen LogP contribution is 2.40. The average Bonchev–Trinajstić information content (AvgIpc) is 2.84. The third-order valence-electron chi connectivity index (χ3n) is 4.33. The van der Waals surface area contributed by atoms with E-state index in [1.165, 1.54) is 0 Å². The maximum absolute atomic E-state index is 12.3. The van der Waals surface area contributed by atoms with Gasteiger partial charge >= 0.3 is 0 Å². The number of carbonyl (C=O) groups is 2. The molecule has 0 bridgehead atoms. The van der Waals surface area contributed by atoms with Crippen molar-refractivity contribution in [1.29, 1.82) is 0 Å². The van der Waals surface area contributed by atoms with Gasteiger partial charge in [0.2, 0.25) is 11.8 Å². The lowest BCUT2D eigenvalue weighted by Gasteiger charge is -2.38. The van der Waals surface area contributed by atoms with Gasteiger partial charge in [-0.25, -0.2) is 0 Å². The smallest absolute Gasteiger partial charge is 0.240 e. The summed E-state index contributed by atoms with van der Waals surface area (Å²) in [5.41, 5.74) is 7.03. The van der Waals surface area contributed by atoms with Crippen LogP contribution in [0.5, 0.6) is 5.75 Å². The fourth-order valence-electron chi connectivity index (χ4n) is 3.29. The van der Waals surface area contributed by atoms with Crippen molar-refractivity contribution >= 4 is 29.9 Å². The molecule has 2 aliphatic rings. The summed E-state index contributed by atoms with van der Waals surface area (Å²) < 4.78 is 5.97. The van der Waals surface area contributed by atoms with Gasteiger partial charge in [-0.2, -0.15) is 0 Å². The zero-order valence-electron chi connectivity index (χ0n) is 14.0. The van der Waals surface area contributed by atoms with E-state index in [0.29, 0.717) is 25.1 Å². The van der Waals surface area contributed by atoms with E-state index in [1.807, 2.05) is 26.0 Å². The van der Waals surface area contributed by atoms with Crippen LogP contribution in [-0.2, 0) is 9.59 Å². The minimum atomic E-state index is -0.371. The molecule has 3 rings (SSSR count). The van der Waals surface area contributed by atoms with E-state index in [0.717, 1.165) is 17.7 Å². The summed E-state index contributed by atoms with van der Waals surface area (Å²) in [5, 5.41) is 3.04. The molecule has 0 radical (unpaired) electrons. The van der Waals surface area contributed by atoms with Gasteiger partial charge in [-0.05, 0) is 38.5 Å². The van der Waals surface area contributed by atoms with Gasteiger partial charge in [-0.1, -0.05) is 0 Å². The lowest BCUT2D eigenvalue weighted by molar-refractivity contribution is -0.133. The van der Waals surface area contributed by atoms with Gasteiger partial charge in [-0.15, -0.1) is 12.4 Å². The number of ether oxygens (including phenoxy) is 1. The lowest BCUT2D eigenvalue weighted by Crippen LogP contribution is -2.44. The first kappa shape index (κ1) is 18.4. The molecule has 3 N–H and O–H groups in total. The van der Waals surface area contributed by atoms with Crippen molar-refractivity contribution in [2.75, 3.05) is 18.8 Å². The van der Waals surface area contributed by atoms with E-state index < -0.39 is 0 Å². The molecule has 1 unspecified atom stereocenters. The first-order chi connectivity index (χ1) is 10.8. The normalized spacial score (nSPS) is 21.5. The molecule has 2 aliphatic heterocycles. The molecular weight excluding hydrogens is 330 g/mol. The Balaban J connectivity index is 0.00000208. The van der Waals surface area contributed by atoms with Gasteiger partial charge in [0.1, 0.15) is 11.4 Å². The van der Waals surface area contributed by atoms with Gasteiger partial charge in [0, 0.05) is 30.6 Å². The molecule has 24 heavy (non-hydrogen) atoms. The average molecular weight is 354 g/mol. The molecule has 1 aromatic carbocycles. The molecule has 6 nitrogen and oxygen atoms in total. The summed E-state index contributed by atoms with van der Waals surface area (Å²) in [6.07, 6.45) is 2.02. The fourth-order valence-corrected chi connectivity index (χ4v) is 3.29. The van der Waals surface area contributed by atoms with Gasteiger partial charge in [0.25, 0.3) is 0 Å². The molecule has 1 fully saturated rings. The van der Waals surface area contributed by atoms with Crippen molar-refractivity contribution < 1.29 is 14.3 Å². The van der Waals surface area contributed by atoms with Crippen molar-refractivity contribution in [2.24, 2.45) is 0 Å². The molecule has 132 valence electrons. The Bertz CT molecular complexity index is 648. The zero-order chi connectivity index (χ0) is 16.6. The molecule has 2 amide bonds. The topological polar surface area (TPSA) is 84.7 Å². The third kappa shape index (κ3) is 3.93. The summed E-state index contributed by atoms with van der Waals surface area (Å²) in [7, 11) is 0. The van der Waals surface area contributed by atoms with Crippen LogP contribution in [-0.4, -0.2) is 35.4 Å². The summed E-state index contributed by atoms with van der Waals surface area (Å²) in [4.78, 5) is 25.6. The Hall–Kier alpha value is -1.95. The zero-order valence-corrected chi connectivity index (χ0v) is 14.8. The number of hydrogen-bond acceptors (Lipinski definition) is 4. The molecule has 0 spiro atoms. The Kier molecular flexibility index (Phi) is 5.28. The molecule has 0 saturated carbocycles. The number of halogens is 1. The highest BCUT2D eigenvalue weighted by molar-refractivity contribution is 5.86. The van der Waals surface area contributed by atoms with E-state index in [1.54, 1.807) is 11.0 Å². The van der Waals surface area contributed by atoms with Crippen LogP contribution in [0.3, 0.4) is 0 Å². The fraction of sp³-hybridized carbons (Fsp3) is 0.529. The number of rotatable bonds is 3. The molecule has 1 atom stereocenters. The summed E-state index contributed by atoms with van der Waals surface area (Å²) >= 11 is 0. The largest absolute Gasteiger partial charge is 0.487 e. The van der Waals surface area contributed by atoms with Crippen LogP contribution in [0.25, 0.3) is 0 Å². The number of amides is 2. The van der Waals surface area contributed by atoms with Crippen molar-refractivity contribution in [1.82, 2.24) is 10.2 Å². The van der Waals surface area contributed by atoms with Crippen LogP contribution in [0.1, 0.15) is 44.7 Å². The third-order valence-corrected chi connectivity index (χ3v) is 4.33. The monoisotopic (exact) mass is 353 g/mol. The summed E-state index contributed by atoms with van der Waals surface area (Å²) in [5.74, 6) is 0.659. The molecule has 2 heterocycles. The number of likely N-dealkylation sites (tertiary alicyclic amines) is 1. The predicted octanol–water partition coefficient (Wildman–Crippen LogP) is 2.03. The Morgan fingerprint density at radius 3 is 2.88 bits per heavy atom. The number of nitrogen functional groups attached to an aromatic ring is 1. The van der Waals surface area contributed by atoms with Gasteiger partial charge in [0.15, 0.2) is 0 Å². The molecule has 7 heteroatoms. The van der Waals surface area contributed by atoms with Crippen LogP contribution in [0.4, 0.5) is 5.69 Å². The first-order valence-corrected chi connectivity index (χ1v) is 8.00. The molecule has 0 aromatic heterocycles. The van der Waals surface area contributed by atoms with Crippen molar-refractivity contribution in [2.45, 2.75) is 44.8 Å². The number of anilines is 1. The number of fused-ring (bicyclic) bond motifs is 1. The number of nitrogens with zero attached hydrogens (tertiary/aromatic N) is 1. The second-order valence-electron chi connectivity index (χ2n) is 6.90. The maximum atomic E-state index is 12.3. The second-order valence-corrected chi connectivity index (χ2v) is 6.90. The van der Waals surface area contributed by atoms with Crippen LogP contribution in [0.15, 0.2) is 18.2 Å². The summed E-state index contributed by atoms with van der Waals surface area (Å²) in [6, 6.07) is 5.32. The maximum Gasteiger partial charge on any atom is 0.240 e. The second kappa shape index (κ2) is 6.89. The van der Waals surface area contributed by atoms with E-state index in [2.05, 4.69) is 5.32 Å². The number of nitrogens with one attached hydrogen (secondary N) is 1. The van der Waals surface area contributed by atoms with E-state index >= 15 is 0 Å². The molecular formula is C17H24ClN3O3. The van der Waals surface area contributed by atoms with Gasteiger partial charge in [0.05, 0.1) is 12.6 Å². The van der Waals surface area contributed by atoms with Crippen molar-refractivity contribution in [3.63, 3.8) is 0 Å². The van der Waals surface area contributed by atoms with Crippen LogP contribution < -0.4 is 15.8 Å². The number of nitrogens with two attached hydrogens (primary N) is 1. The predicted molar refractivity (Wildman–Crippen MR) is 94.1 cm³/mol. The Morgan fingerprint density at radius 1 is 1.46 bits per heavy atom. The van der Waals surface area contributed by atoms with Gasteiger partial charge < -0.3 is 20.7 Å². The minimum Gasteiger partial charge on any atom is -0.487 e. The van der Waals surface area contributed by atoms with Gasteiger partial charge in [-0.3, -0.25) is 9.59 Å². The molecule has 0 aliphatic carbocycles. The molecule has 1 aromatic rings. The number of hydrogen-bond donors (Lipinski definition) is 2. The quantitative estimate of drug-likeness (QED) is 0.814. The standard InChI is InChI=1S/C17H23N3O3.ClH/c1-17(2)9-13(12-8-11(18)5-6-14(12)23-17)19-15(21)10-20-7-3-4-16(20)22;/h5-6,8,13H,3-4,7,9-10,18H2,1-2H3,(H,19,21);1H. The Morgan fingerprint density at radius 2 is 2.21 bits per heavy atom. The minimum absolute atomic E-state index is 0.